The van der Waals surface area contributed by atoms with Crippen LogP contribution in [-0.2, 0) is 0 Å². The highest BCUT2D eigenvalue weighted by Crippen LogP contribution is 2.28. The number of rotatable bonds is 9. The van der Waals surface area contributed by atoms with Crippen molar-refractivity contribution < 1.29 is 0 Å². The van der Waals surface area contributed by atoms with E-state index in [0.29, 0.717) is 0 Å². The molecule has 106 valence electrons. The van der Waals surface area contributed by atoms with Crippen molar-refractivity contribution in [1.82, 2.24) is 4.90 Å². The normalized spacial score (nSPS) is 18.9. The average Bonchev–Trinajstić information content (AvgIpc) is 2.74. The smallest absolute Gasteiger partial charge is 0.0207 e. The van der Waals surface area contributed by atoms with Crippen LogP contribution < -0.4 is 0 Å². The van der Waals surface area contributed by atoms with Crippen molar-refractivity contribution in [2.75, 3.05) is 13.6 Å². The number of hydrogen-bond donors (Lipinski definition) is 0. The molecule has 0 aliphatic carbocycles. The molecule has 0 aromatic heterocycles. The first-order valence-electron chi connectivity index (χ1n) is 8.03. The number of hydrogen-bond acceptors (Lipinski definition) is 1. The van der Waals surface area contributed by atoms with Crippen LogP contribution in [0.5, 0.6) is 0 Å². The van der Waals surface area contributed by atoms with Gasteiger partial charge in [-0.1, -0.05) is 64.9 Å². The van der Waals surface area contributed by atoms with Crippen LogP contribution in [0.4, 0.5) is 0 Å². The SMILES string of the molecule is CCCCCCCC(C)C(C)CC1=CN(C)CC1. The van der Waals surface area contributed by atoms with Gasteiger partial charge >= 0.3 is 0 Å². The molecular formula is C17H33N. The van der Waals surface area contributed by atoms with Gasteiger partial charge in [-0.2, -0.15) is 0 Å². The lowest BCUT2D eigenvalue weighted by Crippen LogP contribution is -2.08. The molecule has 0 aromatic carbocycles. The predicted octanol–water partition coefficient (Wildman–Crippen LogP) is 5.23. The lowest BCUT2D eigenvalue weighted by atomic mass is 9.86. The lowest BCUT2D eigenvalue weighted by Gasteiger charge is -2.20. The summed E-state index contributed by atoms with van der Waals surface area (Å²) in [5, 5.41) is 0. The molecule has 18 heavy (non-hydrogen) atoms. The largest absolute Gasteiger partial charge is 0.380 e. The lowest BCUT2D eigenvalue weighted by molar-refractivity contribution is 0.347. The maximum atomic E-state index is 2.45. The van der Waals surface area contributed by atoms with E-state index in [4.69, 9.17) is 0 Å². The second kappa shape index (κ2) is 8.61. The topological polar surface area (TPSA) is 3.24 Å². The first kappa shape index (κ1) is 15.6. The third-order valence-electron chi connectivity index (χ3n) is 4.51. The zero-order valence-electron chi connectivity index (χ0n) is 13.0. The minimum absolute atomic E-state index is 0.855. The molecule has 0 spiro atoms. The summed E-state index contributed by atoms with van der Waals surface area (Å²) in [4.78, 5) is 2.33. The Hall–Kier alpha value is -0.460. The van der Waals surface area contributed by atoms with E-state index >= 15 is 0 Å². The minimum Gasteiger partial charge on any atom is -0.380 e. The van der Waals surface area contributed by atoms with Crippen molar-refractivity contribution >= 4 is 0 Å². The van der Waals surface area contributed by atoms with Gasteiger partial charge in [0.1, 0.15) is 0 Å². The van der Waals surface area contributed by atoms with E-state index in [1.807, 2.05) is 0 Å². The fourth-order valence-electron chi connectivity index (χ4n) is 2.88. The summed E-state index contributed by atoms with van der Waals surface area (Å²) in [5.74, 6) is 1.74. The Kier molecular flexibility index (Phi) is 7.46. The molecular weight excluding hydrogens is 218 g/mol. The molecule has 0 aromatic rings. The van der Waals surface area contributed by atoms with Crippen LogP contribution in [0, 0.1) is 11.8 Å². The quantitative estimate of drug-likeness (QED) is 0.507. The molecule has 1 heterocycles. The van der Waals surface area contributed by atoms with E-state index in [9.17, 15) is 0 Å². The maximum Gasteiger partial charge on any atom is 0.0207 e. The molecule has 0 saturated heterocycles. The van der Waals surface area contributed by atoms with E-state index in [2.05, 4.69) is 38.9 Å². The molecule has 1 heteroatoms. The van der Waals surface area contributed by atoms with Crippen molar-refractivity contribution in [2.45, 2.75) is 72.1 Å². The molecule has 0 saturated carbocycles. The second-order valence-corrected chi connectivity index (χ2v) is 6.38. The summed E-state index contributed by atoms with van der Waals surface area (Å²) in [7, 11) is 2.19. The van der Waals surface area contributed by atoms with Crippen LogP contribution in [0.1, 0.15) is 72.1 Å². The molecule has 0 radical (unpaired) electrons. The highest BCUT2D eigenvalue weighted by molar-refractivity contribution is 5.08. The van der Waals surface area contributed by atoms with E-state index in [-0.39, 0.29) is 0 Å². The van der Waals surface area contributed by atoms with Gasteiger partial charge in [-0.3, -0.25) is 0 Å². The third kappa shape index (κ3) is 5.93. The summed E-state index contributed by atoms with van der Waals surface area (Å²) in [6.45, 7) is 8.41. The van der Waals surface area contributed by atoms with E-state index in [1.165, 1.54) is 57.9 Å². The Morgan fingerprint density at radius 1 is 1.11 bits per heavy atom. The Labute approximate surface area is 115 Å². The Morgan fingerprint density at radius 2 is 1.83 bits per heavy atom. The van der Waals surface area contributed by atoms with Gasteiger partial charge in [-0.05, 0) is 30.9 Å². The standard InChI is InChI=1S/C17H33N/c1-5-6-7-8-9-10-15(2)16(3)13-17-11-12-18(4)14-17/h14-16H,5-13H2,1-4H3. The van der Waals surface area contributed by atoms with Crippen molar-refractivity contribution in [1.29, 1.82) is 0 Å². The minimum atomic E-state index is 0.855. The molecule has 0 N–H and O–H groups in total. The van der Waals surface area contributed by atoms with Gasteiger partial charge in [0.25, 0.3) is 0 Å². The molecule has 1 aliphatic rings. The van der Waals surface area contributed by atoms with Crippen molar-refractivity contribution in [3.05, 3.63) is 11.8 Å². The van der Waals surface area contributed by atoms with Crippen LogP contribution in [0.2, 0.25) is 0 Å². The van der Waals surface area contributed by atoms with Crippen LogP contribution in [0.15, 0.2) is 11.8 Å². The molecule has 1 nitrogen and oxygen atoms in total. The molecule has 2 atom stereocenters. The van der Waals surface area contributed by atoms with E-state index in [0.717, 1.165) is 11.8 Å². The van der Waals surface area contributed by atoms with E-state index < -0.39 is 0 Å². The zero-order valence-corrected chi connectivity index (χ0v) is 13.0. The van der Waals surface area contributed by atoms with Crippen molar-refractivity contribution in [3.63, 3.8) is 0 Å². The van der Waals surface area contributed by atoms with Gasteiger partial charge in [0.2, 0.25) is 0 Å². The summed E-state index contributed by atoms with van der Waals surface area (Å²) in [5.41, 5.74) is 1.67. The Morgan fingerprint density at radius 3 is 2.44 bits per heavy atom. The first-order valence-corrected chi connectivity index (χ1v) is 8.03. The summed E-state index contributed by atoms with van der Waals surface area (Å²) < 4.78 is 0. The third-order valence-corrected chi connectivity index (χ3v) is 4.51. The average molecular weight is 251 g/mol. The fraction of sp³-hybridized carbons (Fsp3) is 0.882. The van der Waals surface area contributed by atoms with Gasteiger partial charge in [0.05, 0.1) is 0 Å². The highest BCUT2D eigenvalue weighted by atomic mass is 15.1. The van der Waals surface area contributed by atoms with Gasteiger partial charge < -0.3 is 4.90 Å². The fourth-order valence-corrected chi connectivity index (χ4v) is 2.88. The van der Waals surface area contributed by atoms with Gasteiger partial charge in [0.15, 0.2) is 0 Å². The van der Waals surface area contributed by atoms with Crippen LogP contribution >= 0.6 is 0 Å². The Bertz CT molecular complexity index is 244. The molecule has 1 rings (SSSR count). The van der Waals surface area contributed by atoms with Crippen LogP contribution in [0.3, 0.4) is 0 Å². The van der Waals surface area contributed by atoms with Crippen LogP contribution in [0.25, 0.3) is 0 Å². The molecule has 1 aliphatic heterocycles. The first-order chi connectivity index (χ1) is 8.63. The van der Waals surface area contributed by atoms with Gasteiger partial charge in [-0.15, -0.1) is 0 Å². The van der Waals surface area contributed by atoms with Crippen molar-refractivity contribution in [2.24, 2.45) is 11.8 Å². The Balaban J connectivity index is 2.12. The van der Waals surface area contributed by atoms with Gasteiger partial charge in [0, 0.05) is 13.6 Å². The predicted molar refractivity (Wildman–Crippen MR) is 81.7 cm³/mol. The second-order valence-electron chi connectivity index (χ2n) is 6.38. The number of nitrogens with zero attached hydrogens (tertiary/aromatic N) is 1. The molecule has 0 bridgehead atoms. The summed E-state index contributed by atoms with van der Waals surface area (Å²) >= 11 is 0. The summed E-state index contributed by atoms with van der Waals surface area (Å²) in [6, 6.07) is 0. The molecule has 0 fully saturated rings. The summed E-state index contributed by atoms with van der Waals surface area (Å²) in [6.07, 6.45) is 13.5. The number of unbranched alkanes of at least 4 members (excludes halogenated alkanes) is 4. The van der Waals surface area contributed by atoms with Crippen LogP contribution in [-0.4, -0.2) is 18.5 Å². The monoisotopic (exact) mass is 251 g/mol. The highest BCUT2D eigenvalue weighted by Gasteiger charge is 2.16. The maximum absolute atomic E-state index is 2.45. The molecule has 2 unspecified atom stereocenters. The van der Waals surface area contributed by atoms with Crippen molar-refractivity contribution in [3.8, 4) is 0 Å². The molecule has 0 amide bonds. The van der Waals surface area contributed by atoms with E-state index in [1.54, 1.807) is 5.57 Å². The zero-order chi connectivity index (χ0) is 13.4. The van der Waals surface area contributed by atoms with Gasteiger partial charge in [-0.25, -0.2) is 0 Å².